The van der Waals surface area contributed by atoms with E-state index in [1.807, 2.05) is 59.5 Å². The van der Waals surface area contributed by atoms with E-state index in [2.05, 4.69) is 15.0 Å². The SMILES string of the molecule is O=C(C1COc2ccccc2O1)N1CCCN(Cc2noc(-c3ccccc3)n2)CC1. The van der Waals surface area contributed by atoms with Gasteiger partial charge in [-0.05, 0) is 30.7 Å². The van der Waals surface area contributed by atoms with Crippen LogP contribution in [0.2, 0.25) is 0 Å². The summed E-state index contributed by atoms with van der Waals surface area (Å²) in [5.41, 5.74) is 0.908. The van der Waals surface area contributed by atoms with Gasteiger partial charge in [0.05, 0.1) is 6.54 Å². The average Bonchev–Trinajstić information content (AvgIpc) is 3.16. The fraction of sp³-hybridized carbons (Fsp3) is 0.348. The summed E-state index contributed by atoms with van der Waals surface area (Å²) in [4.78, 5) is 21.6. The molecule has 0 spiro atoms. The number of hydrogen-bond acceptors (Lipinski definition) is 7. The molecule has 3 heterocycles. The Morgan fingerprint density at radius 1 is 0.968 bits per heavy atom. The number of hydrogen-bond donors (Lipinski definition) is 0. The van der Waals surface area contributed by atoms with E-state index >= 15 is 0 Å². The maximum Gasteiger partial charge on any atom is 0.267 e. The predicted molar refractivity (Wildman–Crippen MR) is 113 cm³/mol. The molecule has 1 unspecified atom stereocenters. The average molecular weight is 420 g/mol. The van der Waals surface area contributed by atoms with Crippen molar-refractivity contribution in [3.05, 3.63) is 60.4 Å². The summed E-state index contributed by atoms with van der Waals surface area (Å²) in [6.45, 7) is 3.76. The number of carbonyl (C=O) groups excluding carboxylic acids is 1. The third kappa shape index (κ3) is 4.39. The Kier molecular flexibility index (Phi) is 5.54. The molecule has 1 fully saturated rings. The van der Waals surface area contributed by atoms with Gasteiger partial charge in [0.25, 0.3) is 11.8 Å². The summed E-state index contributed by atoms with van der Waals surface area (Å²) in [6, 6.07) is 17.2. The van der Waals surface area contributed by atoms with E-state index in [1.165, 1.54) is 0 Å². The molecular formula is C23H24N4O4. The Morgan fingerprint density at radius 2 is 1.77 bits per heavy atom. The standard InChI is InChI=1S/C23H24N4O4/c28-23(20-16-29-18-9-4-5-10-19(18)30-20)27-12-6-11-26(13-14-27)15-21-24-22(31-25-21)17-7-2-1-3-8-17/h1-5,7-10,20H,6,11-16H2. The molecule has 160 valence electrons. The van der Waals surface area contributed by atoms with Crippen molar-refractivity contribution in [2.45, 2.75) is 19.1 Å². The number of carbonyl (C=O) groups is 1. The molecule has 5 rings (SSSR count). The molecule has 2 aromatic carbocycles. The number of para-hydroxylation sites is 2. The van der Waals surface area contributed by atoms with Gasteiger partial charge in [-0.1, -0.05) is 35.5 Å². The van der Waals surface area contributed by atoms with Gasteiger partial charge in [-0.15, -0.1) is 0 Å². The Morgan fingerprint density at radius 3 is 2.65 bits per heavy atom. The van der Waals surface area contributed by atoms with Crippen molar-refractivity contribution in [2.24, 2.45) is 0 Å². The molecule has 8 heteroatoms. The summed E-state index contributed by atoms with van der Waals surface area (Å²) in [5.74, 6) is 2.46. The first kappa shape index (κ1) is 19.6. The Balaban J connectivity index is 1.17. The van der Waals surface area contributed by atoms with Gasteiger partial charge in [0.15, 0.2) is 17.3 Å². The lowest BCUT2D eigenvalue weighted by Crippen LogP contribution is -2.47. The van der Waals surface area contributed by atoms with Crippen LogP contribution >= 0.6 is 0 Å². The van der Waals surface area contributed by atoms with Crippen molar-refractivity contribution in [1.82, 2.24) is 19.9 Å². The van der Waals surface area contributed by atoms with E-state index in [1.54, 1.807) is 0 Å². The monoisotopic (exact) mass is 420 g/mol. The molecule has 2 aliphatic rings. The van der Waals surface area contributed by atoms with E-state index in [4.69, 9.17) is 14.0 Å². The Labute approximate surface area is 180 Å². The van der Waals surface area contributed by atoms with Gasteiger partial charge < -0.3 is 18.9 Å². The van der Waals surface area contributed by atoms with Gasteiger partial charge in [0.1, 0.15) is 6.61 Å². The van der Waals surface area contributed by atoms with Crippen LogP contribution in [0.3, 0.4) is 0 Å². The smallest absolute Gasteiger partial charge is 0.267 e. The fourth-order valence-corrected chi connectivity index (χ4v) is 3.91. The maximum atomic E-state index is 13.0. The first-order valence-corrected chi connectivity index (χ1v) is 10.5. The summed E-state index contributed by atoms with van der Waals surface area (Å²) < 4.78 is 17.0. The second-order valence-electron chi connectivity index (χ2n) is 7.70. The molecule has 0 bridgehead atoms. The fourth-order valence-electron chi connectivity index (χ4n) is 3.91. The zero-order valence-corrected chi connectivity index (χ0v) is 17.1. The molecule has 3 aromatic rings. The van der Waals surface area contributed by atoms with Gasteiger partial charge in [0.2, 0.25) is 6.10 Å². The second-order valence-corrected chi connectivity index (χ2v) is 7.70. The quantitative estimate of drug-likeness (QED) is 0.642. The van der Waals surface area contributed by atoms with Crippen LogP contribution in [0, 0.1) is 0 Å². The molecule has 31 heavy (non-hydrogen) atoms. The van der Waals surface area contributed by atoms with Crippen molar-refractivity contribution >= 4 is 5.91 Å². The van der Waals surface area contributed by atoms with E-state index < -0.39 is 6.10 Å². The van der Waals surface area contributed by atoms with Gasteiger partial charge in [-0.2, -0.15) is 4.98 Å². The molecule has 1 amide bonds. The van der Waals surface area contributed by atoms with Gasteiger partial charge in [-0.3, -0.25) is 9.69 Å². The molecule has 0 radical (unpaired) electrons. The number of aromatic nitrogens is 2. The Hall–Kier alpha value is -3.39. The highest BCUT2D eigenvalue weighted by molar-refractivity contribution is 5.82. The zero-order chi connectivity index (χ0) is 21.0. The maximum absolute atomic E-state index is 13.0. The van der Waals surface area contributed by atoms with E-state index in [0.717, 1.165) is 25.1 Å². The lowest BCUT2D eigenvalue weighted by Gasteiger charge is -2.30. The van der Waals surface area contributed by atoms with Crippen LogP contribution in [-0.4, -0.2) is 64.7 Å². The summed E-state index contributed by atoms with van der Waals surface area (Å²) in [5, 5.41) is 4.12. The molecule has 0 saturated carbocycles. The van der Waals surface area contributed by atoms with Crippen LogP contribution in [0.15, 0.2) is 59.1 Å². The largest absolute Gasteiger partial charge is 0.485 e. The number of benzene rings is 2. The van der Waals surface area contributed by atoms with Crippen LogP contribution in [0.5, 0.6) is 11.5 Å². The normalized spacial score (nSPS) is 19.1. The first-order valence-electron chi connectivity index (χ1n) is 10.5. The highest BCUT2D eigenvalue weighted by Crippen LogP contribution is 2.31. The third-order valence-electron chi connectivity index (χ3n) is 5.54. The van der Waals surface area contributed by atoms with E-state index in [-0.39, 0.29) is 12.5 Å². The molecule has 1 saturated heterocycles. The minimum Gasteiger partial charge on any atom is -0.485 e. The van der Waals surface area contributed by atoms with Crippen molar-refractivity contribution in [3.8, 4) is 23.0 Å². The van der Waals surface area contributed by atoms with Gasteiger partial charge in [0, 0.05) is 31.7 Å². The molecule has 1 atom stereocenters. The highest BCUT2D eigenvalue weighted by atomic mass is 16.6. The lowest BCUT2D eigenvalue weighted by molar-refractivity contribution is -0.141. The van der Waals surface area contributed by atoms with Gasteiger partial charge in [-0.25, -0.2) is 0 Å². The summed E-state index contributed by atoms with van der Waals surface area (Å²) in [6.07, 6.45) is 0.270. The van der Waals surface area contributed by atoms with Crippen molar-refractivity contribution in [3.63, 3.8) is 0 Å². The molecule has 0 N–H and O–H groups in total. The zero-order valence-electron chi connectivity index (χ0n) is 17.1. The molecule has 2 aliphatic heterocycles. The van der Waals surface area contributed by atoms with Gasteiger partial charge >= 0.3 is 0 Å². The number of nitrogens with zero attached hydrogens (tertiary/aromatic N) is 4. The van der Waals surface area contributed by atoms with Crippen molar-refractivity contribution in [1.29, 1.82) is 0 Å². The van der Waals surface area contributed by atoms with Crippen LogP contribution in [-0.2, 0) is 11.3 Å². The van der Waals surface area contributed by atoms with Crippen LogP contribution in [0.4, 0.5) is 0 Å². The van der Waals surface area contributed by atoms with E-state index in [0.29, 0.717) is 42.8 Å². The summed E-state index contributed by atoms with van der Waals surface area (Å²) >= 11 is 0. The number of ether oxygens (including phenoxy) is 2. The Bertz CT molecular complexity index is 1040. The lowest BCUT2D eigenvalue weighted by atomic mass is 10.2. The molecule has 0 aliphatic carbocycles. The van der Waals surface area contributed by atoms with Crippen LogP contribution < -0.4 is 9.47 Å². The topological polar surface area (TPSA) is 80.9 Å². The molecule has 8 nitrogen and oxygen atoms in total. The predicted octanol–water partition coefficient (Wildman–Crippen LogP) is 2.61. The number of rotatable bonds is 4. The van der Waals surface area contributed by atoms with E-state index in [9.17, 15) is 4.79 Å². The number of fused-ring (bicyclic) bond motifs is 1. The van der Waals surface area contributed by atoms with Crippen LogP contribution in [0.25, 0.3) is 11.5 Å². The molecule has 1 aromatic heterocycles. The first-order chi connectivity index (χ1) is 15.3. The minimum atomic E-state index is -0.605. The van der Waals surface area contributed by atoms with Crippen molar-refractivity contribution < 1.29 is 18.8 Å². The molecular weight excluding hydrogens is 396 g/mol. The summed E-state index contributed by atoms with van der Waals surface area (Å²) in [7, 11) is 0. The minimum absolute atomic E-state index is 0.0257. The van der Waals surface area contributed by atoms with Crippen molar-refractivity contribution in [2.75, 3.05) is 32.8 Å². The number of amides is 1. The van der Waals surface area contributed by atoms with Crippen LogP contribution in [0.1, 0.15) is 12.2 Å². The third-order valence-corrected chi connectivity index (χ3v) is 5.54. The second kappa shape index (κ2) is 8.77. The highest BCUT2D eigenvalue weighted by Gasteiger charge is 2.32.